The average molecular weight is 332 g/mol. The number of ether oxygens (including phenoxy) is 1. The van der Waals surface area contributed by atoms with Crippen molar-refractivity contribution >= 4 is 16.6 Å². The quantitative estimate of drug-likeness (QED) is 0.499. The molecular formula is C23H24O2. The Bertz CT molecular complexity index is 863. The number of unbranched alkanes of at least 4 members (excludes halogenated alkanes) is 1. The van der Waals surface area contributed by atoms with Crippen LogP contribution in [0.15, 0.2) is 60.7 Å². The van der Waals surface area contributed by atoms with Crippen LogP contribution in [0.5, 0.6) is 5.75 Å². The van der Waals surface area contributed by atoms with Crippen LogP contribution in [-0.4, -0.2) is 5.78 Å². The first-order valence-corrected chi connectivity index (χ1v) is 8.92. The summed E-state index contributed by atoms with van der Waals surface area (Å²) in [5, 5.41) is 2.06. The lowest BCUT2D eigenvalue weighted by molar-refractivity contribution is 0.101. The van der Waals surface area contributed by atoms with Crippen LogP contribution < -0.4 is 4.74 Å². The first kappa shape index (κ1) is 17.2. The minimum Gasteiger partial charge on any atom is -0.487 e. The molecule has 128 valence electrons. The van der Waals surface area contributed by atoms with Crippen molar-refractivity contribution in [1.29, 1.82) is 0 Å². The summed E-state index contributed by atoms with van der Waals surface area (Å²) in [5.74, 6) is 0.705. The molecule has 0 N–H and O–H groups in total. The highest BCUT2D eigenvalue weighted by molar-refractivity contribution is 6.03. The molecule has 0 heterocycles. The maximum Gasteiger partial charge on any atom is 0.163 e. The van der Waals surface area contributed by atoms with E-state index < -0.39 is 0 Å². The van der Waals surface area contributed by atoms with Crippen LogP contribution in [0.3, 0.4) is 0 Å². The van der Waals surface area contributed by atoms with E-state index in [1.807, 2.05) is 36.4 Å². The lowest BCUT2D eigenvalue weighted by atomic mass is 10.0. The van der Waals surface area contributed by atoms with Crippen LogP contribution in [0, 0.1) is 0 Å². The summed E-state index contributed by atoms with van der Waals surface area (Å²) in [6.07, 6.45) is 3.54. The van der Waals surface area contributed by atoms with Crippen molar-refractivity contribution in [2.45, 2.75) is 39.7 Å². The Morgan fingerprint density at radius 3 is 2.36 bits per heavy atom. The maximum atomic E-state index is 12.0. The number of carbonyl (C=O) groups excluding carboxylic acids is 1. The van der Waals surface area contributed by atoms with Gasteiger partial charge in [-0.25, -0.2) is 0 Å². The summed E-state index contributed by atoms with van der Waals surface area (Å²) in [4.78, 5) is 12.0. The molecule has 3 aromatic carbocycles. The van der Waals surface area contributed by atoms with Crippen LogP contribution in [0.2, 0.25) is 0 Å². The van der Waals surface area contributed by atoms with Crippen LogP contribution in [0.4, 0.5) is 0 Å². The summed E-state index contributed by atoms with van der Waals surface area (Å²) < 4.78 is 6.10. The molecule has 0 saturated heterocycles. The summed E-state index contributed by atoms with van der Waals surface area (Å²) >= 11 is 0. The number of ketones is 1. The van der Waals surface area contributed by atoms with Crippen molar-refractivity contribution in [1.82, 2.24) is 0 Å². The number of Topliss-reactive ketones (excluding diaryl/α,β-unsaturated/α-hetero) is 1. The second kappa shape index (κ2) is 7.98. The van der Waals surface area contributed by atoms with E-state index in [0.717, 1.165) is 22.8 Å². The summed E-state index contributed by atoms with van der Waals surface area (Å²) in [6.45, 7) is 4.25. The van der Waals surface area contributed by atoms with E-state index in [0.29, 0.717) is 17.9 Å². The molecular weight excluding hydrogens is 308 g/mol. The molecule has 0 aliphatic rings. The third-order valence-electron chi connectivity index (χ3n) is 4.48. The van der Waals surface area contributed by atoms with E-state index in [4.69, 9.17) is 4.74 Å². The topological polar surface area (TPSA) is 26.3 Å². The predicted octanol–water partition coefficient (Wildman–Crippen LogP) is 5.96. The number of fused-ring (bicyclic) bond motifs is 1. The Morgan fingerprint density at radius 1 is 0.920 bits per heavy atom. The molecule has 0 unspecified atom stereocenters. The van der Waals surface area contributed by atoms with Gasteiger partial charge in [0.25, 0.3) is 0 Å². The minimum atomic E-state index is 0.0238. The second-order valence-electron chi connectivity index (χ2n) is 6.43. The smallest absolute Gasteiger partial charge is 0.163 e. The molecule has 0 spiro atoms. The maximum absolute atomic E-state index is 12.0. The van der Waals surface area contributed by atoms with Gasteiger partial charge in [0.1, 0.15) is 12.4 Å². The van der Waals surface area contributed by atoms with Gasteiger partial charge in [-0.1, -0.05) is 67.9 Å². The molecule has 3 aromatic rings. The molecule has 0 aliphatic carbocycles. The predicted molar refractivity (Wildman–Crippen MR) is 103 cm³/mol. The fourth-order valence-electron chi connectivity index (χ4n) is 3.01. The Kier molecular flexibility index (Phi) is 5.49. The van der Waals surface area contributed by atoms with E-state index in [1.165, 1.54) is 18.4 Å². The van der Waals surface area contributed by atoms with E-state index in [2.05, 4.69) is 31.2 Å². The van der Waals surface area contributed by atoms with Gasteiger partial charge in [0.2, 0.25) is 0 Å². The van der Waals surface area contributed by atoms with Crippen LogP contribution in [0.25, 0.3) is 10.8 Å². The third-order valence-corrected chi connectivity index (χ3v) is 4.48. The Balaban J connectivity index is 1.82. The molecule has 0 radical (unpaired) electrons. The first-order chi connectivity index (χ1) is 12.2. The van der Waals surface area contributed by atoms with Gasteiger partial charge in [0.15, 0.2) is 5.78 Å². The summed E-state index contributed by atoms with van der Waals surface area (Å²) in [6, 6.07) is 20.4. The highest BCUT2D eigenvalue weighted by Crippen LogP contribution is 2.31. The van der Waals surface area contributed by atoms with Crippen LogP contribution in [-0.2, 0) is 13.0 Å². The Labute approximate surface area is 149 Å². The largest absolute Gasteiger partial charge is 0.487 e. The molecule has 2 nitrogen and oxygen atoms in total. The number of hydrogen-bond donors (Lipinski definition) is 0. The van der Waals surface area contributed by atoms with Gasteiger partial charge in [0, 0.05) is 5.39 Å². The van der Waals surface area contributed by atoms with Crippen LogP contribution in [0.1, 0.15) is 48.2 Å². The molecule has 3 rings (SSSR count). The van der Waals surface area contributed by atoms with E-state index in [1.54, 1.807) is 6.92 Å². The summed E-state index contributed by atoms with van der Waals surface area (Å²) in [7, 11) is 0. The molecule has 2 heteroatoms. The summed E-state index contributed by atoms with van der Waals surface area (Å²) in [5.41, 5.74) is 3.11. The zero-order valence-electron chi connectivity index (χ0n) is 14.9. The van der Waals surface area contributed by atoms with Gasteiger partial charge in [-0.2, -0.15) is 0 Å². The Morgan fingerprint density at radius 2 is 1.64 bits per heavy atom. The molecule has 0 bridgehead atoms. The van der Waals surface area contributed by atoms with E-state index in [9.17, 15) is 4.79 Å². The standard InChI is InChI=1S/C23H24O2/c1-3-4-7-18-10-12-19(13-11-18)16-25-23-21(17(2)24)15-14-20-8-5-6-9-22(20)23/h5-6,8-15H,3-4,7,16H2,1-2H3. The van der Waals surface area contributed by atoms with Gasteiger partial charge in [0.05, 0.1) is 5.56 Å². The fourth-order valence-corrected chi connectivity index (χ4v) is 3.01. The lowest BCUT2D eigenvalue weighted by Crippen LogP contribution is -2.02. The number of rotatable bonds is 7. The molecule has 0 saturated carbocycles. The average Bonchev–Trinajstić information content (AvgIpc) is 2.65. The fraction of sp³-hybridized carbons (Fsp3) is 0.261. The lowest BCUT2D eigenvalue weighted by Gasteiger charge is -2.13. The molecule has 0 amide bonds. The van der Waals surface area contributed by atoms with E-state index >= 15 is 0 Å². The SMILES string of the molecule is CCCCc1ccc(COc2c(C(C)=O)ccc3ccccc23)cc1. The highest BCUT2D eigenvalue weighted by Gasteiger charge is 2.12. The van der Waals surface area contributed by atoms with Crippen LogP contribution >= 0.6 is 0 Å². The van der Waals surface area contributed by atoms with Crippen molar-refractivity contribution in [2.24, 2.45) is 0 Å². The van der Waals surface area contributed by atoms with Gasteiger partial charge in [-0.05, 0) is 42.3 Å². The minimum absolute atomic E-state index is 0.0238. The van der Waals surface area contributed by atoms with Gasteiger partial charge in [-0.3, -0.25) is 4.79 Å². The highest BCUT2D eigenvalue weighted by atomic mass is 16.5. The first-order valence-electron chi connectivity index (χ1n) is 8.92. The number of benzene rings is 3. The third kappa shape index (κ3) is 4.08. The molecule has 25 heavy (non-hydrogen) atoms. The number of hydrogen-bond acceptors (Lipinski definition) is 2. The zero-order chi connectivity index (χ0) is 17.6. The number of aryl methyl sites for hydroxylation is 1. The second-order valence-corrected chi connectivity index (χ2v) is 6.43. The van der Waals surface area contributed by atoms with Crippen molar-refractivity contribution in [3.8, 4) is 5.75 Å². The molecule has 0 aromatic heterocycles. The van der Waals surface area contributed by atoms with Crippen molar-refractivity contribution in [2.75, 3.05) is 0 Å². The van der Waals surface area contributed by atoms with Gasteiger partial charge in [-0.15, -0.1) is 0 Å². The zero-order valence-corrected chi connectivity index (χ0v) is 14.9. The monoisotopic (exact) mass is 332 g/mol. The Hall–Kier alpha value is -2.61. The van der Waals surface area contributed by atoms with Crippen molar-refractivity contribution < 1.29 is 9.53 Å². The molecule has 0 atom stereocenters. The van der Waals surface area contributed by atoms with Crippen molar-refractivity contribution in [3.05, 3.63) is 77.4 Å². The van der Waals surface area contributed by atoms with Crippen molar-refractivity contribution in [3.63, 3.8) is 0 Å². The van der Waals surface area contributed by atoms with Gasteiger partial charge < -0.3 is 4.74 Å². The molecule has 0 fully saturated rings. The molecule has 0 aliphatic heterocycles. The number of carbonyl (C=O) groups is 1. The normalized spacial score (nSPS) is 10.8. The van der Waals surface area contributed by atoms with Gasteiger partial charge >= 0.3 is 0 Å². The van der Waals surface area contributed by atoms with E-state index in [-0.39, 0.29) is 5.78 Å².